The number of nitrogens with zero attached hydrogens (tertiary/aromatic N) is 5. The van der Waals surface area contributed by atoms with E-state index in [1.807, 2.05) is 18.2 Å². The standard InChI is InChI=1S/C46H52ClN7O8S/c1-46(30-60-3)16-12-39(31-4-6-34(47)7-5-31)33(27-46)29-52-18-20-53(21-19-52)36-8-10-40(43(25-36)62-37-24-32-13-17-48-44(32)49-28-37)45(55)50-63(58,59)38-9-11-41(42(26-38)54(56)57)51(2)35-14-22-61-23-15-35/h4-11,13,17,24-26,28,35H,12,14-16,18-23,27,29-30H2,1-3H3,(H,48,49)(H,50,55). The highest BCUT2D eigenvalue weighted by Gasteiger charge is 2.34. The molecule has 0 spiro atoms. The number of nitro groups is 1. The molecule has 1 aliphatic carbocycles. The summed E-state index contributed by atoms with van der Waals surface area (Å²) in [5, 5.41) is 13.7. The highest BCUT2D eigenvalue weighted by atomic mass is 35.5. The molecule has 4 heterocycles. The molecule has 1 unspecified atom stereocenters. The first-order valence-corrected chi connectivity index (χ1v) is 23.0. The van der Waals surface area contributed by atoms with Crippen molar-refractivity contribution in [2.45, 2.75) is 50.0 Å². The number of methoxy groups -OCH3 is 1. The van der Waals surface area contributed by atoms with Crippen molar-refractivity contribution in [3.63, 3.8) is 0 Å². The number of sulfonamides is 1. The van der Waals surface area contributed by atoms with E-state index in [1.54, 1.807) is 49.5 Å². The number of pyridine rings is 1. The Labute approximate surface area is 372 Å². The Morgan fingerprint density at radius 2 is 1.83 bits per heavy atom. The predicted molar refractivity (Wildman–Crippen MR) is 243 cm³/mol. The van der Waals surface area contributed by atoms with Gasteiger partial charge in [-0.1, -0.05) is 36.2 Å². The Kier molecular flexibility index (Phi) is 13.1. The number of H-pyrrole nitrogens is 1. The molecule has 1 atom stereocenters. The second-order valence-corrected chi connectivity index (χ2v) is 19.1. The number of nitro benzene ring substituents is 1. The minimum Gasteiger partial charge on any atom is -0.455 e. The number of allylic oxidation sites excluding steroid dienone is 1. The van der Waals surface area contributed by atoms with Crippen LogP contribution < -0.4 is 19.3 Å². The highest BCUT2D eigenvalue weighted by molar-refractivity contribution is 7.90. The number of aromatic nitrogens is 2. The number of piperazine rings is 1. The molecule has 0 saturated carbocycles. The number of carbonyl (C=O) groups excluding carboxylic acids is 1. The van der Waals surface area contributed by atoms with E-state index >= 15 is 0 Å². The lowest BCUT2D eigenvalue weighted by Crippen LogP contribution is -2.47. The van der Waals surface area contributed by atoms with E-state index in [2.05, 4.69) is 43.5 Å². The summed E-state index contributed by atoms with van der Waals surface area (Å²) in [5.41, 5.74) is 5.35. The van der Waals surface area contributed by atoms with Crippen LogP contribution in [0.4, 0.5) is 17.1 Å². The summed E-state index contributed by atoms with van der Waals surface area (Å²) >= 11 is 6.25. The number of hydrogen-bond donors (Lipinski definition) is 2. The van der Waals surface area contributed by atoms with Crippen LogP contribution in [0.3, 0.4) is 0 Å². The van der Waals surface area contributed by atoms with Crippen LogP contribution in [0.1, 0.15) is 54.9 Å². The van der Waals surface area contributed by atoms with E-state index in [0.29, 0.717) is 62.2 Å². The lowest BCUT2D eigenvalue weighted by Gasteiger charge is -2.40. The molecule has 2 fully saturated rings. The van der Waals surface area contributed by atoms with E-state index < -0.39 is 25.7 Å². The minimum atomic E-state index is -4.57. The second kappa shape index (κ2) is 18.7. The molecule has 2 N–H and O–H groups in total. The summed E-state index contributed by atoms with van der Waals surface area (Å²) in [5.74, 6) is -0.490. The molecule has 0 bridgehead atoms. The maximum atomic E-state index is 14.0. The summed E-state index contributed by atoms with van der Waals surface area (Å²) in [6.45, 7) is 7.88. The molecule has 3 aliphatic rings. The molecule has 1 amide bonds. The fourth-order valence-corrected chi connectivity index (χ4v) is 10.2. The van der Waals surface area contributed by atoms with Gasteiger partial charge in [0.25, 0.3) is 21.6 Å². The monoisotopic (exact) mass is 897 g/mol. The first-order valence-electron chi connectivity index (χ1n) is 21.1. The molecule has 2 saturated heterocycles. The number of nitrogens with one attached hydrogen (secondary N) is 2. The molecular formula is C46H52ClN7O8S. The minimum absolute atomic E-state index is 0.00993. The van der Waals surface area contributed by atoms with Gasteiger partial charge in [-0.15, -0.1) is 0 Å². The summed E-state index contributed by atoms with van der Waals surface area (Å²) in [6.07, 6.45) is 7.59. The van der Waals surface area contributed by atoms with Gasteiger partial charge in [0.2, 0.25) is 0 Å². The van der Waals surface area contributed by atoms with Crippen LogP contribution in [-0.2, 0) is 19.5 Å². The van der Waals surface area contributed by atoms with Crippen LogP contribution in [-0.4, -0.2) is 107 Å². The van der Waals surface area contributed by atoms with E-state index in [4.69, 9.17) is 25.8 Å². The van der Waals surface area contributed by atoms with Gasteiger partial charge >= 0.3 is 0 Å². The van der Waals surface area contributed by atoms with Crippen molar-refractivity contribution in [1.82, 2.24) is 19.6 Å². The number of hydrogen-bond acceptors (Lipinski definition) is 12. The Bertz CT molecular complexity index is 2620. The number of rotatable bonds is 14. The van der Waals surface area contributed by atoms with Crippen LogP contribution in [0.25, 0.3) is 16.6 Å². The van der Waals surface area contributed by atoms with Crippen molar-refractivity contribution in [3.05, 3.63) is 117 Å². The summed E-state index contributed by atoms with van der Waals surface area (Å²) in [7, 11) is -1.06. The smallest absolute Gasteiger partial charge is 0.293 e. The van der Waals surface area contributed by atoms with Crippen molar-refractivity contribution in [2.24, 2.45) is 5.41 Å². The molecule has 0 radical (unpaired) electrons. The van der Waals surface area contributed by atoms with Crippen molar-refractivity contribution in [1.29, 1.82) is 0 Å². The second-order valence-electron chi connectivity index (χ2n) is 16.9. The number of carbonyl (C=O) groups is 1. The number of benzene rings is 3. The van der Waals surface area contributed by atoms with Crippen LogP contribution >= 0.6 is 11.6 Å². The van der Waals surface area contributed by atoms with Gasteiger partial charge in [0.15, 0.2) is 0 Å². The molecule has 2 aromatic heterocycles. The molecule has 17 heteroatoms. The van der Waals surface area contributed by atoms with Gasteiger partial charge in [-0.05, 0) is 97.2 Å². The molecule has 5 aromatic rings. The van der Waals surface area contributed by atoms with Gasteiger partial charge in [-0.2, -0.15) is 0 Å². The van der Waals surface area contributed by atoms with Gasteiger partial charge in [0, 0.05) is 101 Å². The van der Waals surface area contributed by atoms with E-state index in [1.165, 1.54) is 35.0 Å². The first-order chi connectivity index (χ1) is 30.3. The molecule has 8 rings (SSSR count). The number of aromatic amines is 1. The average Bonchev–Trinajstić information content (AvgIpc) is 3.75. The quantitative estimate of drug-likeness (QED) is 0.0813. The van der Waals surface area contributed by atoms with Crippen molar-refractivity contribution < 1.29 is 32.3 Å². The predicted octanol–water partition coefficient (Wildman–Crippen LogP) is 8.06. The van der Waals surface area contributed by atoms with Gasteiger partial charge in [-0.25, -0.2) is 18.1 Å². The zero-order valence-corrected chi connectivity index (χ0v) is 37.2. The molecule has 3 aromatic carbocycles. The van der Waals surface area contributed by atoms with Gasteiger partial charge in [0.05, 0.1) is 28.2 Å². The van der Waals surface area contributed by atoms with Crippen LogP contribution in [0, 0.1) is 15.5 Å². The number of ether oxygens (including phenoxy) is 3. The topological polar surface area (TPSA) is 172 Å². The van der Waals surface area contributed by atoms with Crippen molar-refractivity contribution >= 4 is 61.2 Å². The average molecular weight is 898 g/mol. The summed E-state index contributed by atoms with van der Waals surface area (Å²) < 4.78 is 47.1. The third-order valence-electron chi connectivity index (χ3n) is 12.5. The molecule has 332 valence electrons. The largest absolute Gasteiger partial charge is 0.455 e. The van der Waals surface area contributed by atoms with Gasteiger partial charge in [0.1, 0.15) is 22.8 Å². The summed E-state index contributed by atoms with van der Waals surface area (Å²) in [6, 6.07) is 20.4. The summed E-state index contributed by atoms with van der Waals surface area (Å²) in [4.78, 5) is 39.1. The van der Waals surface area contributed by atoms with Gasteiger partial charge in [-0.3, -0.25) is 19.8 Å². The Morgan fingerprint density at radius 1 is 1.06 bits per heavy atom. The van der Waals surface area contributed by atoms with Crippen molar-refractivity contribution in [3.8, 4) is 11.5 Å². The Hall–Kier alpha value is -5.52. The number of fused-ring (bicyclic) bond motifs is 1. The third-order valence-corrected chi connectivity index (χ3v) is 14.1. The van der Waals surface area contributed by atoms with Gasteiger partial charge < -0.3 is 29.0 Å². The van der Waals surface area contributed by atoms with Crippen LogP contribution in [0.2, 0.25) is 5.02 Å². The Morgan fingerprint density at radius 3 is 2.56 bits per heavy atom. The first kappa shape index (κ1) is 44.1. The lowest BCUT2D eigenvalue weighted by molar-refractivity contribution is -0.384. The highest BCUT2D eigenvalue weighted by Crippen LogP contribution is 2.44. The zero-order valence-electron chi connectivity index (χ0n) is 35.6. The van der Waals surface area contributed by atoms with Crippen LogP contribution in [0.5, 0.6) is 11.5 Å². The third kappa shape index (κ3) is 10.00. The number of anilines is 2. The Balaban J connectivity index is 1.02. The normalized spacial score (nSPS) is 19.0. The van der Waals surface area contributed by atoms with E-state index in [0.717, 1.165) is 56.0 Å². The molecule has 2 aliphatic heterocycles. The van der Waals surface area contributed by atoms with Crippen molar-refractivity contribution in [2.75, 3.05) is 76.5 Å². The number of halogens is 1. The zero-order chi connectivity index (χ0) is 44.3. The van der Waals surface area contributed by atoms with E-state index in [9.17, 15) is 23.3 Å². The lowest BCUT2D eigenvalue weighted by atomic mass is 9.72. The number of amides is 1. The molecule has 63 heavy (non-hydrogen) atoms. The van der Waals surface area contributed by atoms with E-state index in [-0.39, 0.29) is 34.1 Å². The maximum Gasteiger partial charge on any atom is 0.293 e. The van der Waals surface area contributed by atoms with Crippen LogP contribution in [0.15, 0.2) is 95.7 Å². The SMILES string of the molecule is COCC1(C)CCC(c2ccc(Cl)cc2)=C(CN2CCN(c3ccc(C(=O)NS(=O)(=O)c4ccc(N(C)C5CCOCC5)c([N+](=O)[O-])c4)c(Oc4cnc5[nH]ccc5c4)c3)CC2)C1. The maximum absolute atomic E-state index is 14.0. The fourth-order valence-electron chi connectivity index (χ4n) is 9.07. The fraction of sp³-hybridized carbons (Fsp3) is 0.391. The molecule has 15 nitrogen and oxygen atoms in total. The molecular weight excluding hydrogens is 846 g/mol.